The Morgan fingerprint density at radius 2 is 1.94 bits per heavy atom. The maximum Gasteiger partial charge on any atom is 0.225 e. The van der Waals surface area contributed by atoms with E-state index in [1.54, 1.807) is 0 Å². The summed E-state index contributed by atoms with van der Waals surface area (Å²) < 4.78 is 0. The van der Waals surface area contributed by atoms with Crippen LogP contribution in [0.4, 0.5) is 5.95 Å². The largest absolute Gasteiger partial charge is 0.341 e. The summed E-state index contributed by atoms with van der Waals surface area (Å²) in [6.45, 7) is 7.44. The van der Waals surface area contributed by atoms with Crippen LogP contribution in [-0.2, 0) is 6.54 Å². The fourth-order valence-electron chi connectivity index (χ4n) is 1.96. The van der Waals surface area contributed by atoms with Crippen molar-refractivity contribution >= 4 is 5.95 Å². The van der Waals surface area contributed by atoms with E-state index in [1.807, 2.05) is 12.4 Å². The summed E-state index contributed by atoms with van der Waals surface area (Å²) in [6, 6.07) is 0.549. The highest BCUT2D eigenvalue weighted by atomic mass is 15.3. The lowest BCUT2D eigenvalue weighted by atomic mass is 10.2. The van der Waals surface area contributed by atoms with E-state index in [0.717, 1.165) is 37.6 Å². The van der Waals surface area contributed by atoms with Crippen molar-refractivity contribution in [2.75, 3.05) is 18.0 Å². The van der Waals surface area contributed by atoms with Gasteiger partial charge < -0.3 is 10.2 Å². The minimum absolute atomic E-state index is 0.549. The monoisotopic (exact) mass is 234 g/mol. The van der Waals surface area contributed by atoms with Gasteiger partial charge in [0.25, 0.3) is 0 Å². The topological polar surface area (TPSA) is 41.1 Å². The number of rotatable bonds is 5. The van der Waals surface area contributed by atoms with Gasteiger partial charge in [-0.25, -0.2) is 9.97 Å². The fraction of sp³-hybridized carbons (Fsp3) is 0.692. The summed E-state index contributed by atoms with van der Waals surface area (Å²) in [7, 11) is 0. The van der Waals surface area contributed by atoms with Crippen molar-refractivity contribution in [3.63, 3.8) is 0 Å². The summed E-state index contributed by atoms with van der Waals surface area (Å²) in [5, 5.41) is 3.44. The molecule has 0 radical (unpaired) electrons. The van der Waals surface area contributed by atoms with E-state index in [9.17, 15) is 0 Å². The Bertz CT molecular complexity index is 330. The first-order chi connectivity index (χ1) is 8.29. The molecule has 0 aliphatic carbocycles. The SMILES string of the molecule is CC[C@@H](C)NCc1cnc(N2CCCC2)nc1. The summed E-state index contributed by atoms with van der Waals surface area (Å²) >= 11 is 0. The van der Waals surface area contributed by atoms with Gasteiger partial charge in [-0.1, -0.05) is 6.92 Å². The van der Waals surface area contributed by atoms with Gasteiger partial charge in [0.05, 0.1) is 0 Å². The molecule has 1 aliphatic rings. The van der Waals surface area contributed by atoms with E-state index in [1.165, 1.54) is 12.8 Å². The molecule has 0 saturated carbocycles. The van der Waals surface area contributed by atoms with Gasteiger partial charge in [-0.2, -0.15) is 0 Å². The Kier molecular flexibility index (Phi) is 4.31. The number of hydrogen-bond acceptors (Lipinski definition) is 4. The molecule has 2 rings (SSSR count). The summed E-state index contributed by atoms with van der Waals surface area (Å²) in [6.07, 6.45) is 7.56. The molecule has 1 fully saturated rings. The second-order valence-corrected chi connectivity index (χ2v) is 4.78. The molecule has 1 N–H and O–H groups in total. The average molecular weight is 234 g/mol. The highest BCUT2D eigenvalue weighted by Gasteiger charge is 2.14. The molecule has 0 bridgehead atoms. The second-order valence-electron chi connectivity index (χ2n) is 4.78. The maximum atomic E-state index is 4.44. The maximum absolute atomic E-state index is 4.44. The van der Waals surface area contributed by atoms with Crippen molar-refractivity contribution in [3.8, 4) is 0 Å². The van der Waals surface area contributed by atoms with E-state index < -0.39 is 0 Å². The van der Waals surface area contributed by atoms with Crippen LogP contribution in [0.2, 0.25) is 0 Å². The molecule has 4 nitrogen and oxygen atoms in total. The van der Waals surface area contributed by atoms with E-state index >= 15 is 0 Å². The quantitative estimate of drug-likeness (QED) is 0.845. The van der Waals surface area contributed by atoms with Crippen molar-refractivity contribution < 1.29 is 0 Å². The number of hydrogen-bond donors (Lipinski definition) is 1. The Morgan fingerprint density at radius 1 is 1.29 bits per heavy atom. The van der Waals surface area contributed by atoms with Crippen LogP contribution in [0.15, 0.2) is 12.4 Å². The standard InChI is InChI=1S/C13H22N4/c1-3-11(2)14-8-12-9-15-13(16-10-12)17-6-4-5-7-17/h9-11,14H,3-8H2,1-2H3/t11-/m1/s1. The van der Waals surface area contributed by atoms with Crippen LogP contribution in [0.25, 0.3) is 0 Å². The molecule has 0 aromatic carbocycles. The molecule has 0 spiro atoms. The third-order valence-electron chi connectivity index (χ3n) is 3.35. The lowest BCUT2D eigenvalue weighted by molar-refractivity contribution is 0.533. The molecule has 1 aromatic rings. The van der Waals surface area contributed by atoms with Crippen molar-refractivity contribution in [3.05, 3.63) is 18.0 Å². The summed E-state index contributed by atoms with van der Waals surface area (Å²) in [5.41, 5.74) is 1.16. The van der Waals surface area contributed by atoms with Gasteiger partial charge in [-0.15, -0.1) is 0 Å². The van der Waals surface area contributed by atoms with Gasteiger partial charge in [0, 0.05) is 43.6 Å². The van der Waals surface area contributed by atoms with Gasteiger partial charge in [0.1, 0.15) is 0 Å². The molecular formula is C13H22N4. The molecule has 1 atom stereocenters. The predicted molar refractivity (Wildman–Crippen MR) is 70.1 cm³/mol. The number of anilines is 1. The van der Waals surface area contributed by atoms with Crippen LogP contribution in [0.1, 0.15) is 38.7 Å². The molecule has 1 saturated heterocycles. The summed E-state index contributed by atoms with van der Waals surface area (Å²) in [5.74, 6) is 0.884. The van der Waals surface area contributed by atoms with Crippen LogP contribution >= 0.6 is 0 Å². The van der Waals surface area contributed by atoms with Crippen molar-refractivity contribution in [1.82, 2.24) is 15.3 Å². The Hall–Kier alpha value is -1.16. The normalized spacial score (nSPS) is 17.4. The van der Waals surface area contributed by atoms with Gasteiger partial charge in [0.15, 0.2) is 0 Å². The van der Waals surface area contributed by atoms with E-state index in [-0.39, 0.29) is 0 Å². The molecule has 2 heterocycles. The zero-order chi connectivity index (χ0) is 12.1. The van der Waals surface area contributed by atoms with Crippen LogP contribution in [0.3, 0.4) is 0 Å². The third-order valence-corrected chi connectivity index (χ3v) is 3.35. The zero-order valence-corrected chi connectivity index (χ0v) is 10.8. The smallest absolute Gasteiger partial charge is 0.225 e. The van der Waals surface area contributed by atoms with Gasteiger partial charge >= 0.3 is 0 Å². The number of nitrogens with zero attached hydrogens (tertiary/aromatic N) is 3. The van der Waals surface area contributed by atoms with E-state index in [0.29, 0.717) is 6.04 Å². The first-order valence-electron chi connectivity index (χ1n) is 6.59. The number of nitrogens with one attached hydrogen (secondary N) is 1. The molecule has 94 valence electrons. The molecule has 0 amide bonds. The van der Waals surface area contributed by atoms with Crippen LogP contribution in [0, 0.1) is 0 Å². The van der Waals surface area contributed by atoms with Crippen LogP contribution in [0.5, 0.6) is 0 Å². The highest BCUT2D eigenvalue weighted by molar-refractivity contribution is 5.30. The summed E-state index contributed by atoms with van der Waals surface area (Å²) in [4.78, 5) is 11.1. The van der Waals surface area contributed by atoms with Crippen molar-refractivity contribution in [2.45, 2.75) is 45.7 Å². The predicted octanol–water partition coefficient (Wildman–Crippen LogP) is 1.96. The Morgan fingerprint density at radius 3 is 2.53 bits per heavy atom. The lowest BCUT2D eigenvalue weighted by Crippen LogP contribution is -2.25. The van der Waals surface area contributed by atoms with Crippen LogP contribution in [-0.4, -0.2) is 29.1 Å². The molecule has 4 heteroatoms. The minimum Gasteiger partial charge on any atom is -0.341 e. The van der Waals surface area contributed by atoms with Gasteiger partial charge in [0.2, 0.25) is 5.95 Å². The van der Waals surface area contributed by atoms with E-state index in [2.05, 4.69) is 34.0 Å². The highest BCUT2D eigenvalue weighted by Crippen LogP contribution is 2.14. The minimum atomic E-state index is 0.549. The zero-order valence-electron chi connectivity index (χ0n) is 10.8. The molecular weight excluding hydrogens is 212 g/mol. The molecule has 0 unspecified atom stereocenters. The van der Waals surface area contributed by atoms with Crippen molar-refractivity contribution in [1.29, 1.82) is 0 Å². The first-order valence-corrected chi connectivity index (χ1v) is 6.59. The Labute approximate surface area is 103 Å². The average Bonchev–Trinajstić information content (AvgIpc) is 2.90. The Balaban J connectivity index is 1.88. The molecule has 17 heavy (non-hydrogen) atoms. The third kappa shape index (κ3) is 3.40. The molecule has 1 aliphatic heterocycles. The van der Waals surface area contributed by atoms with Gasteiger partial charge in [-0.05, 0) is 26.2 Å². The fourth-order valence-corrected chi connectivity index (χ4v) is 1.96. The molecule has 1 aromatic heterocycles. The van der Waals surface area contributed by atoms with Crippen molar-refractivity contribution in [2.24, 2.45) is 0 Å². The van der Waals surface area contributed by atoms with Crippen LogP contribution < -0.4 is 10.2 Å². The van der Waals surface area contributed by atoms with Gasteiger partial charge in [-0.3, -0.25) is 0 Å². The van der Waals surface area contributed by atoms with E-state index in [4.69, 9.17) is 0 Å². The lowest BCUT2D eigenvalue weighted by Gasteiger charge is -2.15. The number of aromatic nitrogens is 2. The second kappa shape index (κ2) is 5.96. The first kappa shape index (κ1) is 12.3.